The fourth-order valence-electron chi connectivity index (χ4n) is 1.81. The van der Waals surface area contributed by atoms with Gasteiger partial charge in [0.05, 0.1) is 5.56 Å². The minimum Gasteiger partial charge on any atom is -0.367 e. The Morgan fingerprint density at radius 2 is 1.85 bits per heavy atom. The van der Waals surface area contributed by atoms with E-state index in [1.807, 2.05) is 45.0 Å². The second kappa shape index (κ2) is 6.19. The molecule has 0 aliphatic rings. The molecule has 0 saturated carbocycles. The van der Waals surface area contributed by atoms with Crippen molar-refractivity contribution in [1.29, 1.82) is 0 Å². The number of hydrogen-bond acceptors (Lipinski definition) is 3. The summed E-state index contributed by atoms with van der Waals surface area (Å²) >= 11 is 0. The van der Waals surface area contributed by atoms with Gasteiger partial charge >= 0.3 is 0 Å². The molecular weight excluding hydrogens is 250 g/mol. The van der Waals surface area contributed by atoms with Crippen LogP contribution in [-0.4, -0.2) is 16.9 Å². The van der Waals surface area contributed by atoms with Crippen molar-refractivity contribution in [2.45, 2.75) is 26.8 Å². The van der Waals surface area contributed by atoms with Gasteiger partial charge in [0.15, 0.2) is 0 Å². The molecule has 1 heterocycles. The molecule has 1 amide bonds. The largest absolute Gasteiger partial charge is 0.367 e. The number of anilines is 2. The number of nitrogens with zero attached hydrogens (tertiary/aromatic N) is 1. The number of aryl methyl sites for hydroxylation is 1. The summed E-state index contributed by atoms with van der Waals surface area (Å²) in [6.45, 7) is 6.03. The van der Waals surface area contributed by atoms with Crippen molar-refractivity contribution in [3.05, 3.63) is 53.7 Å². The molecule has 4 nitrogen and oxygen atoms in total. The Morgan fingerprint density at radius 3 is 2.50 bits per heavy atom. The van der Waals surface area contributed by atoms with Crippen LogP contribution in [-0.2, 0) is 0 Å². The van der Waals surface area contributed by atoms with Crippen LogP contribution in [0.25, 0.3) is 0 Å². The van der Waals surface area contributed by atoms with Crippen LogP contribution < -0.4 is 10.6 Å². The second-order valence-electron chi connectivity index (χ2n) is 5.02. The number of hydrogen-bond donors (Lipinski definition) is 2. The maximum atomic E-state index is 12.3. The van der Waals surface area contributed by atoms with E-state index in [4.69, 9.17) is 0 Å². The highest BCUT2D eigenvalue weighted by Crippen LogP contribution is 2.16. The van der Waals surface area contributed by atoms with Crippen LogP contribution in [0.15, 0.2) is 42.6 Å². The Kier molecular flexibility index (Phi) is 4.35. The van der Waals surface area contributed by atoms with Crippen molar-refractivity contribution in [2.24, 2.45) is 0 Å². The van der Waals surface area contributed by atoms with Crippen molar-refractivity contribution in [3.63, 3.8) is 0 Å². The van der Waals surface area contributed by atoms with Gasteiger partial charge in [-0.15, -0.1) is 0 Å². The van der Waals surface area contributed by atoms with Crippen molar-refractivity contribution < 1.29 is 4.79 Å². The molecule has 0 radical (unpaired) electrons. The molecule has 0 aliphatic heterocycles. The van der Waals surface area contributed by atoms with Crippen LogP contribution in [0.2, 0.25) is 0 Å². The Balaban J connectivity index is 2.18. The summed E-state index contributed by atoms with van der Waals surface area (Å²) in [5, 5.41) is 6.06. The highest BCUT2D eigenvalue weighted by atomic mass is 16.1. The summed E-state index contributed by atoms with van der Waals surface area (Å²) in [5.74, 6) is 0.442. The van der Waals surface area contributed by atoms with Crippen molar-refractivity contribution in [2.75, 3.05) is 10.6 Å². The minimum absolute atomic E-state index is 0.162. The van der Waals surface area contributed by atoms with E-state index in [-0.39, 0.29) is 11.9 Å². The average Bonchev–Trinajstić information content (AvgIpc) is 2.41. The van der Waals surface area contributed by atoms with Gasteiger partial charge in [-0.05, 0) is 45.0 Å². The van der Waals surface area contributed by atoms with E-state index in [1.54, 1.807) is 18.3 Å². The number of rotatable bonds is 4. The molecule has 0 bridgehead atoms. The van der Waals surface area contributed by atoms with Crippen LogP contribution in [0.4, 0.5) is 11.5 Å². The maximum absolute atomic E-state index is 12.3. The van der Waals surface area contributed by atoms with E-state index in [0.717, 1.165) is 11.3 Å². The number of carbonyl (C=O) groups excluding carboxylic acids is 1. The molecule has 2 rings (SSSR count). The van der Waals surface area contributed by atoms with Gasteiger partial charge in [-0.2, -0.15) is 0 Å². The molecule has 0 aliphatic carbocycles. The molecule has 0 saturated heterocycles. The van der Waals surface area contributed by atoms with Gasteiger partial charge < -0.3 is 10.6 Å². The zero-order valence-electron chi connectivity index (χ0n) is 12.0. The van der Waals surface area contributed by atoms with Crippen LogP contribution >= 0.6 is 0 Å². The lowest BCUT2D eigenvalue weighted by molar-refractivity contribution is 0.102. The van der Waals surface area contributed by atoms with Gasteiger partial charge in [0.1, 0.15) is 5.82 Å². The smallest absolute Gasteiger partial charge is 0.259 e. The van der Waals surface area contributed by atoms with Gasteiger partial charge in [0, 0.05) is 17.9 Å². The molecule has 104 valence electrons. The lowest BCUT2D eigenvalue weighted by Crippen LogP contribution is -2.18. The fourth-order valence-corrected chi connectivity index (χ4v) is 1.81. The predicted octanol–water partition coefficient (Wildman–Crippen LogP) is 3.46. The lowest BCUT2D eigenvalue weighted by Gasteiger charge is -2.13. The molecular formula is C16H19N3O. The van der Waals surface area contributed by atoms with Gasteiger partial charge in [-0.1, -0.05) is 17.7 Å². The number of aromatic nitrogens is 1. The fraction of sp³-hybridized carbons (Fsp3) is 0.250. The summed E-state index contributed by atoms with van der Waals surface area (Å²) in [7, 11) is 0. The van der Waals surface area contributed by atoms with E-state index in [9.17, 15) is 4.79 Å². The monoisotopic (exact) mass is 269 g/mol. The Labute approximate surface area is 119 Å². The predicted molar refractivity (Wildman–Crippen MR) is 82.1 cm³/mol. The summed E-state index contributed by atoms with van der Waals surface area (Å²) in [6, 6.07) is 11.4. The van der Waals surface area contributed by atoms with Crippen molar-refractivity contribution in [3.8, 4) is 0 Å². The standard InChI is InChI=1S/C16H19N3O/c1-11(2)18-15-14(5-4-10-17-15)16(20)19-13-8-6-12(3)7-9-13/h4-11H,1-3H3,(H,17,18)(H,19,20). The molecule has 0 unspecified atom stereocenters. The third-order valence-corrected chi connectivity index (χ3v) is 2.79. The number of pyridine rings is 1. The molecule has 0 spiro atoms. The van der Waals surface area contributed by atoms with Crippen LogP contribution in [0.5, 0.6) is 0 Å². The molecule has 2 aromatic rings. The lowest BCUT2D eigenvalue weighted by atomic mass is 10.2. The van der Waals surface area contributed by atoms with E-state index < -0.39 is 0 Å². The highest BCUT2D eigenvalue weighted by molar-refractivity contribution is 6.07. The Hall–Kier alpha value is -2.36. The zero-order chi connectivity index (χ0) is 14.5. The van der Waals surface area contributed by atoms with Gasteiger partial charge in [0.25, 0.3) is 5.91 Å². The third kappa shape index (κ3) is 3.57. The van der Waals surface area contributed by atoms with E-state index in [2.05, 4.69) is 15.6 Å². The summed E-state index contributed by atoms with van der Waals surface area (Å²) in [4.78, 5) is 16.5. The van der Waals surface area contributed by atoms with E-state index in [1.165, 1.54) is 0 Å². The Bertz CT molecular complexity index is 591. The number of carbonyl (C=O) groups is 1. The Morgan fingerprint density at radius 1 is 1.15 bits per heavy atom. The molecule has 0 fully saturated rings. The first-order chi connectivity index (χ1) is 9.56. The van der Waals surface area contributed by atoms with Crippen LogP contribution in [0, 0.1) is 6.92 Å². The van der Waals surface area contributed by atoms with Crippen LogP contribution in [0.3, 0.4) is 0 Å². The summed E-state index contributed by atoms with van der Waals surface area (Å²) < 4.78 is 0. The molecule has 20 heavy (non-hydrogen) atoms. The van der Waals surface area contributed by atoms with E-state index in [0.29, 0.717) is 11.4 Å². The number of benzene rings is 1. The zero-order valence-corrected chi connectivity index (χ0v) is 12.0. The summed E-state index contributed by atoms with van der Waals surface area (Å²) in [5.41, 5.74) is 2.48. The summed E-state index contributed by atoms with van der Waals surface area (Å²) in [6.07, 6.45) is 1.67. The third-order valence-electron chi connectivity index (χ3n) is 2.79. The van der Waals surface area contributed by atoms with Gasteiger partial charge in [-0.25, -0.2) is 4.98 Å². The quantitative estimate of drug-likeness (QED) is 0.893. The second-order valence-corrected chi connectivity index (χ2v) is 5.02. The molecule has 0 atom stereocenters. The molecule has 4 heteroatoms. The molecule has 1 aromatic heterocycles. The topological polar surface area (TPSA) is 54.0 Å². The number of amides is 1. The maximum Gasteiger partial charge on any atom is 0.259 e. The van der Waals surface area contributed by atoms with Crippen molar-refractivity contribution >= 4 is 17.4 Å². The normalized spacial score (nSPS) is 10.4. The molecule has 2 N–H and O–H groups in total. The van der Waals surface area contributed by atoms with E-state index >= 15 is 0 Å². The first kappa shape index (κ1) is 14.1. The first-order valence-electron chi connectivity index (χ1n) is 6.66. The van der Waals surface area contributed by atoms with Gasteiger partial charge in [0.2, 0.25) is 0 Å². The molecule has 1 aromatic carbocycles. The van der Waals surface area contributed by atoms with Crippen molar-refractivity contribution in [1.82, 2.24) is 4.98 Å². The first-order valence-corrected chi connectivity index (χ1v) is 6.66. The van der Waals surface area contributed by atoms with Gasteiger partial charge in [-0.3, -0.25) is 4.79 Å². The average molecular weight is 269 g/mol. The van der Waals surface area contributed by atoms with Crippen LogP contribution in [0.1, 0.15) is 29.8 Å². The highest BCUT2D eigenvalue weighted by Gasteiger charge is 2.12. The SMILES string of the molecule is Cc1ccc(NC(=O)c2cccnc2NC(C)C)cc1. The number of nitrogens with one attached hydrogen (secondary N) is 2. The minimum atomic E-state index is -0.162.